The van der Waals surface area contributed by atoms with Crippen molar-refractivity contribution in [3.63, 3.8) is 0 Å². The zero-order valence-electron chi connectivity index (χ0n) is 14.9. The van der Waals surface area contributed by atoms with Gasteiger partial charge in [0, 0.05) is 24.1 Å². The van der Waals surface area contributed by atoms with Crippen molar-refractivity contribution < 1.29 is 24.1 Å². The fourth-order valence-corrected chi connectivity index (χ4v) is 3.20. The fourth-order valence-electron chi connectivity index (χ4n) is 3.03. The van der Waals surface area contributed by atoms with Crippen LogP contribution in [0.4, 0.5) is 4.39 Å². The van der Waals surface area contributed by atoms with Crippen molar-refractivity contribution in [3.05, 3.63) is 53.9 Å². The van der Waals surface area contributed by atoms with Crippen LogP contribution in [0.5, 0.6) is 0 Å². The van der Waals surface area contributed by atoms with Crippen LogP contribution in [0.3, 0.4) is 0 Å². The summed E-state index contributed by atoms with van der Waals surface area (Å²) >= 11 is 11.0. The number of halogens is 3. The van der Waals surface area contributed by atoms with Crippen LogP contribution in [0.2, 0.25) is 0 Å². The Labute approximate surface area is 172 Å². The van der Waals surface area contributed by atoms with Crippen molar-refractivity contribution in [2.75, 3.05) is 19.9 Å². The maximum atomic E-state index is 13.3. The lowest BCUT2D eigenvalue weighted by molar-refractivity contribution is -0.186. The number of carbonyl (C=O) groups is 1. The Morgan fingerprint density at radius 3 is 2.29 bits per heavy atom. The Balaban J connectivity index is 1.71. The lowest BCUT2D eigenvalue weighted by Crippen LogP contribution is -2.47. The minimum absolute atomic E-state index is 0.234. The van der Waals surface area contributed by atoms with Gasteiger partial charge in [-0.05, 0) is 17.2 Å². The van der Waals surface area contributed by atoms with Crippen LogP contribution in [-0.2, 0) is 15.1 Å². The Morgan fingerprint density at radius 2 is 1.82 bits per heavy atom. The van der Waals surface area contributed by atoms with Crippen LogP contribution in [0.25, 0.3) is 11.1 Å². The van der Waals surface area contributed by atoms with Crippen molar-refractivity contribution in [3.8, 4) is 11.1 Å². The number of aliphatic hydroxyl groups is 2. The molecule has 5 nitrogen and oxygen atoms in total. The summed E-state index contributed by atoms with van der Waals surface area (Å²) in [5, 5.41) is 20.6. The van der Waals surface area contributed by atoms with Crippen LogP contribution in [0, 0.1) is 5.92 Å². The third-order valence-corrected chi connectivity index (χ3v) is 5.35. The second-order valence-corrected chi connectivity index (χ2v) is 8.01. The van der Waals surface area contributed by atoms with Crippen LogP contribution in [0.1, 0.15) is 23.8 Å². The van der Waals surface area contributed by atoms with Gasteiger partial charge >= 0.3 is 0 Å². The highest BCUT2D eigenvalue weighted by molar-refractivity contribution is 6.53. The molecule has 1 aliphatic heterocycles. The molecule has 0 spiro atoms. The minimum Gasteiger partial charge on any atom is -0.388 e. The van der Waals surface area contributed by atoms with Gasteiger partial charge in [0.1, 0.15) is 0 Å². The highest BCUT2D eigenvalue weighted by Crippen LogP contribution is 2.31. The van der Waals surface area contributed by atoms with E-state index in [2.05, 4.69) is 4.98 Å². The average Bonchev–Trinajstić information content (AvgIpc) is 2.69. The number of carbonyl (C=O) groups excluding carboxylic acids is 1. The van der Waals surface area contributed by atoms with E-state index in [-0.39, 0.29) is 19.6 Å². The van der Waals surface area contributed by atoms with Gasteiger partial charge in [0.15, 0.2) is 16.2 Å². The molecule has 1 aromatic carbocycles. The quantitative estimate of drug-likeness (QED) is 0.631. The Kier molecular flexibility index (Phi) is 6.68. The number of Topliss-reactive ketones (excluding diaryl/α,β-unsaturated/α-hetero) is 1. The van der Waals surface area contributed by atoms with Crippen LogP contribution >= 0.6 is 23.2 Å². The van der Waals surface area contributed by atoms with Crippen molar-refractivity contribution in [2.45, 2.75) is 23.0 Å². The number of aliphatic hydroxyl groups excluding tert-OH is 1. The second kappa shape index (κ2) is 8.84. The second-order valence-electron chi connectivity index (χ2n) is 6.91. The summed E-state index contributed by atoms with van der Waals surface area (Å²) in [6.45, 7) is -0.399. The molecule has 3 rings (SSSR count). The molecule has 2 aromatic rings. The largest absolute Gasteiger partial charge is 0.388 e. The Bertz CT molecular complexity index is 810. The molecule has 0 amide bonds. The number of rotatable bonds is 8. The standard InChI is InChI=1S/C20H20Cl2FNO4/c21-19(22)16(25)7-15(8-23)18(26)13-3-1-12(2-4-13)14-5-6-17(24-9-14)20(27)10-28-11-20/h1-6,9,15,18-19,26-27H,7-8,10-11H2/t15-,18-/m1/s1. The van der Waals surface area contributed by atoms with Crippen molar-refractivity contribution in [1.29, 1.82) is 0 Å². The summed E-state index contributed by atoms with van der Waals surface area (Å²) in [5.74, 6) is -1.43. The zero-order valence-corrected chi connectivity index (χ0v) is 16.4. The van der Waals surface area contributed by atoms with Gasteiger partial charge in [-0.1, -0.05) is 53.5 Å². The van der Waals surface area contributed by atoms with E-state index in [1.54, 1.807) is 36.5 Å². The third kappa shape index (κ3) is 4.53. The SMILES string of the molecule is O=C(C[C@H](CF)[C@H](O)c1ccc(-c2ccc(C3(O)COC3)nc2)cc1)C(Cl)Cl. The maximum absolute atomic E-state index is 13.3. The number of hydrogen-bond acceptors (Lipinski definition) is 5. The topological polar surface area (TPSA) is 79.7 Å². The molecule has 0 unspecified atom stereocenters. The van der Waals surface area contributed by atoms with Crippen LogP contribution in [0.15, 0.2) is 42.6 Å². The van der Waals surface area contributed by atoms with Gasteiger partial charge in [-0.2, -0.15) is 0 Å². The van der Waals surface area contributed by atoms with Gasteiger partial charge in [-0.15, -0.1) is 0 Å². The summed E-state index contributed by atoms with van der Waals surface area (Å²) in [7, 11) is 0. The molecule has 150 valence electrons. The number of pyridine rings is 1. The highest BCUT2D eigenvalue weighted by atomic mass is 35.5. The summed E-state index contributed by atoms with van der Waals surface area (Å²) in [6.07, 6.45) is 0.263. The van der Waals surface area contributed by atoms with E-state index in [0.717, 1.165) is 11.1 Å². The van der Waals surface area contributed by atoms with Gasteiger partial charge < -0.3 is 14.9 Å². The first-order valence-corrected chi connectivity index (χ1v) is 9.63. The minimum atomic E-state index is -1.23. The van der Waals surface area contributed by atoms with E-state index in [4.69, 9.17) is 27.9 Å². The number of aromatic nitrogens is 1. The molecule has 8 heteroatoms. The molecular weight excluding hydrogens is 408 g/mol. The van der Waals surface area contributed by atoms with Crippen molar-refractivity contribution in [2.24, 2.45) is 5.92 Å². The monoisotopic (exact) mass is 427 g/mol. The smallest absolute Gasteiger partial charge is 0.166 e. The number of alkyl halides is 3. The van der Waals surface area contributed by atoms with Crippen molar-refractivity contribution >= 4 is 29.0 Å². The number of hydrogen-bond donors (Lipinski definition) is 2. The van der Waals surface area contributed by atoms with Crippen molar-refractivity contribution in [1.82, 2.24) is 4.98 Å². The zero-order chi connectivity index (χ0) is 20.3. The summed E-state index contributed by atoms with van der Waals surface area (Å²) in [5.41, 5.74) is 1.71. The van der Waals surface area contributed by atoms with Gasteiger partial charge in [0.2, 0.25) is 0 Å². The molecule has 1 fully saturated rings. The van der Waals surface area contributed by atoms with Gasteiger partial charge in [0.05, 0.1) is 31.7 Å². The first-order chi connectivity index (χ1) is 13.3. The first-order valence-electron chi connectivity index (χ1n) is 8.76. The summed E-state index contributed by atoms with van der Waals surface area (Å²) in [6, 6.07) is 10.5. The van der Waals surface area contributed by atoms with E-state index < -0.39 is 34.9 Å². The Hall–Kier alpha value is -1.57. The van der Waals surface area contributed by atoms with E-state index in [1.807, 2.05) is 6.07 Å². The van der Waals surface area contributed by atoms with E-state index in [0.29, 0.717) is 11.3 Å². The molecule has 2 heterocycles. The molecular formula is C20H20Cl2FNO4. The predicted octanol–water partition coefficient (Wildman–Crippen LogP) is 3.35. The lowest BCUT2D eigenvalue weighted by Gasteiger charge is -2.35. The van der Waals surface area contributed by atoms with Gasteiger partial charge in [-0.25, -0.2) is 0 Å². The number of benzene rings is 1. The molecule has 28 heavy (non-hydrogen) atoms. The van der Waals surface area contributed by atoms with E-state index in [9.17, 15) is 19.4 Å². The number of nitrogens with zero attached hydrogens (tertiary/aromatic N) is 1. The van der Waals surface area contributed by atoms with E-state index >= 15 is 0 Å². The molecule has 2 atom stereocenters. The van der Waals surface area contributed by atoms with Crippen LogP contribution < -0.4 is 0 Å². The van der Waals surface area contributed by atoms with Gasteiger partial charge in [0.25, 0.3) is 0 Å². The molecule has 0 radical (unpaired) electrons. The third-order valence-electron chi connectivity index (χ3n) is 4.86. The predicted molar refractivity (Wildman–Crippen MR) is 104 cm³/mol. The van der Waals surface area contributed by atoms with Gasteiger partial charge in [-0.3, -0.25) is 14.2 Å². The molecule has 1 aromatic heterocycles. The first kappa shape index (κ1) is 21.1. The molecule has 0 aliphatic carbocycles. The number of ether oxygens (including phenoxy) is 1. The molecule has 0 bridgehead atoms. The highest BCUT2D eigenvalue weighted by Gasteiger charge is 2.39. The maximum Gasteiger partial charge on any atom is 0.166 e. The Morgan fingerprint density at radius 1 is 1.18 bits per heavy atom. The lowest BCUT2D eigenvalue weighted by atomic mass is 9.91. The number of ketones is 1. The molecule has 1 saturated heterocycles. The normalized spacial score (nSPS) is 17.8. The summed E-state index contributed by atoms with van der Waals surface area (Å²) in [4.78, 5) is 14.7. The summed E-state index contributed by atoms with van der Waals surface area (Å²) < 4.78 is 18.3. The van der Waals surface area contributed by atoms with E-state index in [1.165, 1.54) is 0 Å². The molecule has 0 saturated carbocycles. The van der Waals surface area contributed by atoms with Crippen LogP contribution in [-0.4, -0.2) is 45.7 Å². The fraction of sp³-hybridized carbons (Fsp3) is 0.400. The average molecular weight is 428 g/mol. The molecule has 2 N–H and O–H groups in total. The molecule has 1 aliphatic rings.